The highest BCUT2D eigenvalue weighted by Gasteiger charge is 2.55. The highest BCUT2D eigenvalue weighted by atomic mass is 32.2. The Kier molecular flexibility index (Phi) is 7.02. The van der Waals surface area contributed by atoms with Crippen LogP contribution >= 0.6 is 11.8 Å². The summed E-state index contributed by atoms with van der Waals surface area (Å²) in [5.74, 6) is -3.47. The average molecular weight is 536 g/mol. The van der Waals surface area contributed by atoms with Crippen molar-refractivity contribution in [2.24, 2.45) is 5.73 Å². The minimum absolute atomic E-state index is 0.106. The maximum absolute atomic E-state index is 12.9. The third kappa shape index (κ3) is 4.92. The Morgan fingerprint density at radius 2 is 1.94 bits per heavy atom. The quantitative estimate of drug-likeness (QED) is 0.190. The number of nitrogens with one attached hydrogen (secondary N) is 1. The van der Waals surface area contributed by atoms with E-state index < -0.39 is 50.5 Å². The van der Waals surface area contributed by atoms with E-state index in [1.165, 1.54) is 36.0 Å². The molecule has 0 bridgehead atoms. The van der Waals surface area contributed by atoms with Gasteiger partial charge in [0, 0.05) is 23.5 Å². The number of allylic oxidation sites excluding steroid dienone is 3. The molecule has 1 aromatic rings. The number of rotatable bonds is 8. The van der Waals surface area contributed by atoms with Crippen LogP contribution in [0.5, 0.6) is 0 Å². The second-order valence-electron chi connectivity index (χ2n) is 8.36. The number of fused-ring (bicyclic) bond motifs is 1. The predicted molar refractivity (Wildman–Crippen MR) is 127 cm³/mol. The number of nitrogens with two attached hydrogens (primary N) is 1. The van der Waals surface area contributed by atoms with Crippen molar-refractivity contribution in [1.82, 2.24) is 10.2 Å². The molecule has 0 saturated carbocycles. The third-order valence-corrected chi connectivity index (χ3v) is 8.38. The number of nitrogens with zero attached hydrogens (tertiary/aromatic N) is 2. The Morgan fingerprint density at radius 1 is 1.25 bits per heavy atom. The van der Waals surface area contributed by atoms with Gasteiger partial charge in [-0.15, -0.1) is 11.8 Å². The molecule has 1 unspecified atom stereocenters. The minimum atomic E-state index is -4.81. The topological polar surface area (TPSA) is 188 Å². The van der Waals surface area contributed by atoms with Crippen molar-refractivity contribution in [3.05, 3.63) is 65.2 Å². The number of aliphatic carboxylic acids is 1. The number of hydrogen-bond acceptors (Lipinski definition) is 7. The van der Waals surface area contributed by atoms with Crippen LogP contribution in [0.3, 0.4) is 0 Å². The molecule has 0 radical (unpaired) electrons. The van der Waals surface area contributed by atoms with Crippen molar-refractivity contribution < 1.29 is 41.8 Å². The Balaban J connectivity index is 1.53. The second kappa shape index (κ2) is 9.87. The van der Waals surface area contributed by atoms with Gasteiger partial charge in [0.1, 0.15) is 17.1 Å². The van der Waals surface area contributed by atoms with Crippen molar-refractivity contribution in [1.29, 1.82) is 0 Å². The fourth-order valence-electron chi connectivity index (χ4n) is 4.27. The zero-order valence-electron chi connectivity index (χ0n) is 18.7. The molecule has 36 heavy (non-hydrogen) atoms. The van der Waals surface area contributed by atoms with Crippen LogP contribution in [-0.4, -0.2) is 69.1 Å². The average Bonchev–Trinajstić information content (AvgIpc) is 2.82. The second-order valence-corrected chi connectivity index (χ2v) is 11.0. The van der Waals surface area contributed by atoms with Gasteiger partial charge in [0.15, 0.2) is 24.2 Å². The van der Waals surface area contributed by atoms with Crippen LogP contribution in [0.2, 0.25) is 0 Å². The van der Waals surface area contributed by atoms with Crippen LogP contribution in [0.1, 0.15) is 23.2 Å². The highest BCUT2D eigenvalue weighted by Crippen LogP contribution is 2.40. The first kappa shape index (κ1) is 25.6. The Labute approximate surface area is 210 Å². The number of pyridine rings is 1. The molecule has 0 spiro atoms. The zero-order chi connectivity index (χ0) is 26.2. The molecule has 190 valence electrons. The predicted octanol–water partition coefficient (Wildman–Crippen LogP) is -0.656. The van der Waals surface area contributed by atoms with Gasteiger partial charge in [-0.3, -0.25) is 23.8 Å². The number of hydrogen-bond donors (Lipinski definition) is 4. The third-order valence-electron chi connectivity index (χ3n) is 5.96. The fourth-order valence-corrected chi connectivity index (χ4v) is 6.46. The molecule has 4 rings (SSSR count). The summed E-state index contributed by atoms with van der Waals surface area (Å²) in [6, 6.07) is 1.83. The molecular weight excluding hydrogens is 512 g/mol. The van der Waals surface area contributed by atoms with Crippen LogP contribution in [0.4, 0.5) is 0 Å². The SMILES string of the molecule is NC(=O)c1cc[n+](CC2=C(C(=O)O)N3C(=O)[C@@H](NC(=O)C(C4=CCCC=C4)S(=O)(=O)O)[C@H]3SC2)cc1. The molecule has 2 aliphatic heterocycles. The molecule has 0 aromatic carbocycles. The van der Waals surface area contributed by atoms with Crippen molar-refractivity contribution in [2.75, 3.05) is 5.75 Å². The number of carbonyl (C=O) groups is 4. The molecule has 5 N–H and O–H groups in total. The van der Waals surface area contributed by atoms with Gasteiger partial charge in [-0.1, -0.05) is 18.2 Å². The van der Waals surface area contributed by atoms with E-state index in [9.17, 15) is 37.3 Å². The van der Waals surface area contributed by atoms with E-state index in [0.717, 1.165) is 4.90 Å². The molecule has 1 aliphatic carbocycles. The van der Waals surface area contributed by atoms with Gasteiger partial charge in [0.05, 0.1) is 5.56 Å². The lowest BCUT2D eigenvalue weighted by Gasteiger charge is -2.49. The van der Waals surface area contributed by atoms with Crippen LogP contribution in [0.15, 0.2) is 59.6 Å². The fraction of sp³-hybridized carbons (Fsp3) is 0.318. The maximum atomic E-state index is 12.9. The van der Waals surface area contributed by atoms with Crippen molar-refractivity contribution >= 4 is 45.6 Å². The summed E-state index contributed by atoms with van der Waals surface area (Å²) in [6.45, 7) is 0.131. The number of primary amides is 1. The smallest absolute Gasteiger partial charge is 0.352 e. The minimum Gasteiger partial charge on any atom is -0.477 e. The number of β-lactam (4-membered cyclic amide) rings is 1. The van der Waals surface area contributed by atoms with Crippen LogP contribution in [-0.2, 0) is 31.0 Å². The summed E-state index contributed by atoms with van der Waals surface area (Å²) in [7, 11) is -4.81. The summed E-state index contributed by atoms with van der Waals surface area (Å²) < 4.78 is 35.2. The normalized spacial score (nSPS) is 22.3. The van der Waals surface area contributed by atoms with Gasteiger partial charge < -0.3 is 16.2 Å². The molecule has 12 nitrogen and oxygen atoms in total. The summed E-state index contributed by atoms with van der Waals surface area (Å²) in [5.41, 5.74) is 5.84. The van der Waals surface area contributed by atoms with Crippen molar-refractivity contribution in [3.63, 3.8) is 0 Å². The molecule has 3 atom stereocenters. The first-order valence-electron chi connectivity index (χ1n) is 10.8. The maximum Gasteiger partial charge on any atom is 0.352 e. The molecular formula is C22H23N4O8S2+. The summed E-state index contributed by atoms with van der Waals surface area (Å²) >= 11 is 1.22. The molecule has 3 amide bonds. The van der Waals surface area contributed by atoms with Gasteiger partial charge in [-0.25, -0.2) is 9.36 Å². The largest absolute Gasteiger partial charge is 0.477 e. The lowest BCUT2D eigenvalue weighted by molar-refractivity contribution is -0.689. The number of carboxylic acids is 1. The first-order valence-corrected chi connectivity index (χ1v) is 13.4. The number of amides is 3. The molecule has 3 aliphatic rings. The van der Waals surface area contributed by atoms with Gasteiger partial charge in [-0.2, -0.15) is 8.42 Å². The number of carboxylic acid groups (broad SMARTS) is 1. The van der Waals surface area contributed by atoms with Gasteiger partial charge >= 0.3 is 5.97 Å². The van der Waals surface area contributed by atoms with Crippen LogP contribution in [0.25, 0.3) is 0 Å². The lowest BCUT2D eigenvalue weighted by atomic mass is 10.0. The first-order chi connectivity index (χ1) is 17.0. The highest BCUT2D eigenvalue weighted by molar-refractivity contribution is 8.00. The Morgan fingerprint density at radius 3 is 2.50 bits per heavy atom. The molecule has 3 heterocycles. The zero-order valence-corrected chi connectivity index (χ0v) is 20.4. The van der Waals surface area contributed by atoms with E-state index in [4.69, 9.17) is 5.73 Å². The lowest BCUT2D eigenvalue weighted by Crippen LogP contribution is -2.71. The molecule has 1 fully saturated rings. The van der Waals surface area contributed by atoms with E-state index in [-0.39, 0.29) is 29.1 Å². The number of aromatic nitrogens is 1. The van der Waals surface area contributed by atoms with E-state index in [2.05, 4.69) is 5.32 Å². The van der Waals surface area contributed by atoms with Gasteiger partial charge in [-0.05, 0) is 18.4 Å². The monoisotopic (exact) mass is 535 g/mol. The van der Waals surface area contributed by atoms with Crippen LogP contribution in [0, 0.1) is 0 Å². The molecule has 1 aromatic heterocycles. The van der Waals surface area contributed by atoms with Gasteiger partial charge in [0.2, 0.25) is 11.8 Å². The van der Waals surface area contributed by atoms with E-state index in [1.54, 1.807) is 23.0 Å². The molecule has 1 saturated heterocycles. The number of thioether (sulfide) groups is 1. The van der Waals surface area contributed by atoms with E-state index in [1.807, 2.05) is 0 Å². The van der Waals surface area contributed by atoms with Crippen molar-refractivity contribution in [3.8, 4) is 0 Å². The van der Waals surface area contributed by atoms with E-state index in [0.29, 0.717) is 18.4 Å². The van der Waals surface area contributed by atoms with Crippen molar-refractivity contribution in [2.45, 2.75) is 36.1 Å². The summed E-state index contributed by atoms with van der Waals surface area (Å²) in [6.07, 6.45) is 8.95. The van der Waals surface area contributed by atoms with Crippen LogP contribution < -0.4 is 15.6 Å². The Bertz CT molecular complexity index is 1330. The van der Waals surface area contributed by atoms with E-state index >= 15 is 0 Å². The number of carbonyl (C=O) groups excluding carboxylic acids is 3. The molecule has 14 heteroatoms. The summed E-state index contributed by atoms with van der Waals surface area (Å²) in [4.78, 5) is 50.1. The van der Waals surface area contributed by atoms with Gasteiger partial charge in [0.25, 0.3) is 16.0 Å². The summed E-state index contributed by atoms with van der Waals surface area (Å²) in [5, 5.41) is 9.56. The standard InChI is InChI=1S/C22H22N4O8S2/c23-18(27)13-6-8-25(9-7-13)10-14-11-35-21-15(20(29)26(21)16(14)22(30)31)24-19(28)17(36(32,33)34)12-4-2-1-3-5-12/h2,4-9,15,17,21H,1,3,10-11H2,(H4-,23,24,27,28,30,31,32,33,34)/p+1/t15-,17?,21-/m1/s1. The Hall–Kier alpha value is -3.49.